The lowest BCUT2D eigenvalue weighted by molar-refractivity contribution is -0.141. The van der Waals surface area contributed by atoms with Gasteiger partial charge >= 0.3 is 6.18 Å². The van der Waals surface area contributed by atoms with Gasteiger partial charge in [0.05, 0.1) is 5.56 Å². The summed E-state index contributed by atoms with van der Waals surface area (Å²) in [6.45, 7) is 1.62. The van der Waals surface area contributed by atoms with Gasteiger partial charge in [-0.2, -0.15) is 13.2 Å². The summed E-state index contributed by atoms with van der Waals surface area (Å²) in [6.07, 6.45) is -3.75. The van der Waals surface area contributed by atoms with Crippen molar-refractivity contribution in [1.82, 2.24) is 9.88 Å². The Kier molecular flexibility index (Phi) is 6.78. The molecule has 1 aromatic heterocycles. The van der Waals surface area contributed by atoms with Gasteiger partial charge in [0.15, 0.2) is 11.5 Å². The minimum atomic E-state index is -4.75. The molecule has 2 N–H and O–H groups in total. The second-order valence-corrected chi connectivity index (χ2v) is 8.00. The number of piperidine rings is 1. The van der Waals surface area contributed by atoms with E-state index in [1.54, 1.807) is 0 Å². The number of carbonyl (C=O) groups is 1. The Morgan fingerprint density at radius 2 is 1.94 bits per heavy atom. The molecule has 0 spiro atoms. The molecule has 1 aromatic rings. The number of likely N-dealkylation sites (tertiary alicyclic amines) is 1. The first kappa shape index (κ1) is 23.3. The van der Waals surface area contributed by atoms with E-state index in [0.29, 0.717) is 12.8 Å². The van der Waals surface area contributed by atoms with Crippen molar-refractivity contribution in [3.05, 3.63) is 52.9 Å². The summed E-state index contributed by atoms with van der Waals surface area (Å²) in [5.74, 6) is -4.33. The lowest BCUT2D eigenvalue weighted by Crippen LogP contribution is -2.44. The molecule has 1 amide bonds. The predicted octanol–water partition coefficient (Wildman–Crippen LogP) is 4.73. The van der Waals surface area contributed by atoms with Crippen LogP contribution in [0.2, 0.25) is 0 Å². The number of nitrogens with zero attached hydrogens (tertiary/aromatic N) is 2. The molecule has 0 aromatic carbocycles. The van der Waals surface area contributed by atoms with E-state index in [4.69, 9.17) is 5.73 Å². The number of alkyl halides is 4. The molecular formula is C21H23F6N3O. The lowest BCUT2D eigenvalue weighted by atomic mass is 9.82. The summed E-state index contributed by atoms with van der Waals surface area (Å²) in [6, 6.07) is 1.82. The Morgan fingerprint density at radius 1 is 1.29 bits per heavy atom. The minimum absolute atomic E-state index is 0.0334. The molecule has 1 saturated heterocycles. The number of hydrogen-bond donors (Lipinski definition) is 1. The van der Waals surface area contributed by atoms with E-state index in [9.17, 15) is 31.1 Å². The number of hydrogen-bond acceptors (Lipinski definition) is 3. The highest BCUT2D eigenvalue weighted by atomic mass is 19.4. The zero-order valence-corrected chi connectivity index (χ0v) is 16.8. The van der Waals surface area contributed by atoms with Gasteiger partial charge < -0.3 is 10.6 Å². The largest absolute Gasteiger partial charge is 0.434 e. The van der Waals surface area contributed by atoms with Crippen LogP contribution in [0.1, 0.15) is 42.2 Å². The number of pyridine rings is 1. The Balaban J connectivity index is 1.63. The number of aromatic nitrogens is 1. The average molecular weight is 447 g/mol. The predicted molar refractivity (Wildman–Crippen MR) is 102 cm³/mol. The summed E-state index contributed by atoms with van der Waals surface area (Å²) >= 11 is 0. The van der Waals surface area contributed by atoms with E-state index < -0.39 is 53.1 Å². The number of carbonyl (C=O) groups excluding carboxylic acids is 1. The van der Waals surface area contributed by atoms with Gasteiger partial charge in [0, 0.05) is 31.2 Å². The van der Waals surface area contributed by atoms with Crippen LogP contribution in [-0.4, -0.2) is 41.1 Å². The standard InChI is InChI=1S/C21H23F6N3O/c1-11-17(23)13(9-15(22)18(11)24)10-16(28)12-4-7-30(8-5-12)20(31)14-3-2-6-29-19(14)21(25,26)27/h2-3,6,9,11-12,16-17H,4-5,7-8,10,28H2,1H3. The molecule has 0 bridgehead atoms. The van der Waals surface area contributed by atoms with E-state index in [1.165, 1.54) is 17.9 Å². The molecule has 1 aliphatic carbocycles. The highest BCUT2D eigenvalue weighted by molar-refractivity contribution is 5.95. The van der Waals surface area contributed by atoms with Crippen molar-refractivity contribution >= 4 is 5.91 Å². The van der Waals surface area contributed by atoms with Crippen molar-refractivity contribution in [2.75, 3.05) is 13.1 Å². The fourth-order valence-electron chi connectivity index (χ4n) is 4.09. The molecular weight excluding hydrogens is 424 g/mol. The van der Waals surface area contributed by atoms with Crippen molar-refractivity contribution in [1.29, 1.82) is 0 Å². The Bertz CT molecular complexity index is 889. The molecule has 1 aliphatic heterocycles. The molecule has 10 heteroatoms. The van der Waals surface area contributed by atoms with Crippen LogP contribution in [0.5, 0.6) is 0 Å². The first-order valence-corrected chi connectivity index (χ1v) is 9.97. The number of amides is 1. The summed E-state index contributed by atoms with van der Waals surface area (Å²) in [7, 11) is 0. The fraction of sp³-hybridized carbons (Fsp3) is 0.524. The van der Waals surface area contributed by atoms with Gasteiger partial charge in [-0.1, -0.05) is 6.92 Å². The quantitative estimate of drug-likeness (QED) is 0.679. The van der Waals surface area contributed by atoms with Gasteiger partial charge in [-0.25, -0.2) is 13.2 Å². The normalized spacial score (nSPS) is 24.3. The smallest absolute Gasteiger partial charge is 0.339 e. The molecule has 0 radical (unpaired) electrons. The summed E-state index contributed by atoms with van der Waals surface area (Å²) in [4.78, 5) is 17.2. The molecule has 3 atom stereocenters. The zero-order chi connectivity index (χ0) is 22.9. The van der Waals surface area contributed by atoms with Crippen molar-refractivity contribution in [2.45, 2.75) is 44.6 Å². The molecule has 31 heavy (non-hydrogen) atoms. The van der Waals surface area contributed by atoms with Gasteiger partial charge in [0.2, 0.25) is 0 Å². The van der Waals surface area contributed by atoms with Crippen molar-refractivity contribution in [3.63, 3.8) is 0 Å². The van der Waals surface area contributed by atoms with E-state index in [2.05, 4.69) is 4.98 Å². The SMILES string of the molecule is CC1C(F)=C(F)C=C(CC(N)C2CCN(C(=O)c3cccnc3C(F)(F)F)CC2)C1F. The Labute approximate surface area is 175 Å². The number of allylic oxidation sites excluding steroid dienone is 3. The highest BCUT2D eigenvalue weighted by Gasteiger charge is 2.39. The van der Waals surface area contributed by atoms with Crippen molar-refractivity contribution in [3.8, 4) is 0 Å². The third kappa shape index (κ3) is 4.94. The van der Waals surface area contributed by atoms with E-state index in [0.717, 1.165) is 18.3 Å². The van der Waals surface area contributed by atoms with Gasteiger partial charge in [-0.3, -0.25) is 9.78 Å². The molecule has 2 heterocycles. The summed E-state index contributed by atoms with van der Waals surface area (Å²) < 4.78 is 81.0. The molecule has 3 unspecified atom stereocenters. The van der Waals surface area contributed by atoms with Crippen LogP contribution >= 0.6 is 0 Å². The fourth-order valence-corrected chi connectivity index (χ4v) is 4.09. The third-order valence-corrected chi connectivity index (χ3v) is 5.94. The van der Waals surface area contributed by atoms with Gasteiger partial charge in [0.1, 0.15) is 12.0 Å². The number of halogens is 6. The maximum Gasteiger partial charge on any atom is 0.434 e. The van der Waals surface area contributed by atoms with Crippen LogP contribution in [-0.2, 0) is 6.18 Å². The maximum absolute atomic E-state index is 14.4. The van der Waals surface area contributed by atoms with Gasteiger partial charge in [0.25, 0.3) is 5.91 Å². The first-order valence-electron chi connectivity index (χ1n) is 9.97. The minimum Gasteiger partial charge on any atom is -0.339 e. The molecule has 1 fully saturated rings. The summed E-state index contributed by atoms with van der Waals surface area (Å²) in [5.41, 5.74) is 4.53. The lowest BCUT2D eigenvalue weighted by Gasteiger charge is -2.36. The molecule has 0 saturated carbocycles. The van der Waals surface area contributed by atoms with Crippen molar-refractivity contribution < 1.29 is 31.1 Å². The van der Waals surface area contributed by atoms with E-state index in [-0.39, 0.29) is 31.0 Å². The molecule has 170 valence electrons. The maximum atomic E-state index is 14.4. The molecule has 3 rings (SSSR count). The zero-order valence-electron chi connectivity index (χ0n) is 16.8. The average Bonchev–Trinajstić information content (AvgIpc) is 2.75. The van der Waals surface area contributed by atoms with Crippen LogP contribution in [0, 0.1) is 11.8 Å². The number of rotatable bonds is 4. The highest BCUT2D eigenvalue weighted by Crippen LogP contribution is 2.37. The van der Waals surface area contributed by atoms with Gasteiger partial charge in [-0.15, -0.1) is 0 Å². The van der Waals surface area contributed by atoms with E-state index in [1.807, 2.05) is 0 Å². The Morgan fingerprint density at radius 3 is 2.55 bits per heavy atom. The topological polar surface area (TPSA) is 59.2 Å². The number of nitrogens with two attached hydrogens (primary N) is 1. The first-order chi connectivity index (χ1) is 14.5. The molecule has 2 aliphatic rings. The van der Waals surface area contributed by atoms with E-state index >= 15 is 0 Å². The van der Waals surface area contributed by atoms with Crippen LogP contribution in [0.4, 0.5) is 26.3 Å². The van der Waals surface area contributed by atoms with Crippen LogP contribution in [0.3, 0.4) is 0 Å². The second kappa shape index (κ2) is 9.02. The Hall–Kier alpha value is -2.36. The van der Waals surface area contributed by atoms with Crippen molar-refractivity contribution in [2.24, 2.45) is 17.6 Å². The van der Waals surface area contributed by atoms with Crippen LogP contribution < -0.4 is 5.73 Å². The summed E-state index contributed by atoms with van der Waals surface area (Å²) in [5, 5.41) is 0. The third-order valence-electron chi connectivity index (χ3n) is 5.94. The monoisotopic (exact) mass is 447 g/mol. The van der Waals surface area contributed by atoms with Crippen LogP contribution in [0.25, 0.3) is 0 Å². The molecule has 4 nitrogen and oxygen atoms in total. The van der Waals surface area contributed by atoms with Gasteiger partial charge in [-0.05, 0) is 49.0 Å². The van der Waals surface area contributed by atoms with Crippen LogP contribution in [0.15, 0.2) is 41.6 Å². The second-order valence-electron chi connectivity index (χ2n) is 8.00.